The lowest BCUT2D eigenvalue weighted by Crippen LogP contribution is -2.15. The maximum Gasteiger partial charge on any atom is 0.306 e. The van der Waals surface area contributed by atoms with Crippen molar-refractivity contribution in [3.63, 3.8) is 0 Å². The van der Waals surface area contributed by atoms with Crippen LogP contribution in [0, 0.1) is 5.92 Å². The van der Waals surface area contributed by atoms with Crippen molar-refractivity contribution in [1.82, 2.24) is 4.98 Å². The molecule has 0 spiro atoms. The molecule has 1 aromatic heterocycles. The van der Waals surface area contributed by atoms with Crippen LogP contribution < -0.4 is 0 Å². The molecule has 0 fully saturated rings. The Kier molecular flexibility index (Phi) is 3.38. The second kappa shape index (κ2) is 4.95. The van der Waals surface area contributed by atoms with Crippen molar-refractivity contribution in [2.24, 2.45) is 5.92 Å². The molecule has 1 aromatic carbocycles. The predicted octanol–water partition coefficient (Wildman–Crippen LogP) is 2.89. The highest BCUT2D eigenvalue weighted by Gasteiger charge is 2.16. The molecule has 0 bridgehead atoms. The number of carbonyl (C=O) groups is 1. The van der Waals surface area contributed by atoms with Crippen LogP contribution in [-0.2, 0) is 11.2 Å². The third kappa shape index (κ3) is 2.44. The molecular weight excluding hydrogens is 214 g/mol. The number of nitrogens with zero attached hydrogens (tertiary/aromatic N) is 1. The minimum Gasteiger partial charge on any atom is -0.481 e. The fraction of sp³-hybridized carbons (Fsp3) is 0.286. The first-order valence-corrected chi connectivity index (χ1v) is 5.77. The lowest BCUT2D eigenvalue weighted by Gasteiger charge is -2.11. The van der Waals surface area contributed by atoms with Gasteiger partial charge in [-0.15, -0.1) is 0 Å². The maximum atomic E-state index is 11.1. The zero-order valence-electron chi connectivity index (χ0n) is 9.76. The summed E-state index contributed by atoms with van der Waals surface area (Å²) in [5.74, 6) is -1.05. The van der Waals surface area contributed by atoms with E-state index in [-0.39, 0.29) is 5.92 Å². The normalized spacial score (nSPS) is 12.5. The quantitative estimate of drug-likeness (QED) is 0.877. The van der Waals surface area contributed by atoms with E-state index in [1.807, 2.05) is 37.3 Å². The third-order valence-electron chi connectivity index (χ3n) is 3.05. The highest BCUT2D eigenvalue weighted by Crippen LogP contribution is 2.20. The van der Waals surface area contributed by atoms with E-state index in [4.69, 9.17) is 5.11 Å². The highest BCUT2D eigenvalue weighted by molar-refractivity contribution is 5.82. The van der Waals surface area contributed by atoms with Gasteiger partial charge >= 0.3 is 5.97 Å². The van der Waals surface area contributed by atoms with Crippen molar-refractivity contribution in [2.75, 3.05) is 0 Å². The Labute approximate surface area is 100 Å². The highest BCUT2D eigenvalue weighted by atomic mass is 16.4. The number of aliphatic carboxylic acids is 1. The van der Waals surface area contributed by atoms with Crippen LogP contribution >= 0.6 is 0 Å². The number of hydrogen-bond donors (Lipinski definition) is 1. The van der Waals surface area contributed by atoms with Gasteiger partial charge in [-0.1, -0.05) is 25.1 Å². The van der Waals surface area contributed by atoms with E-state index < -0.39 is 5.97 Å². The first-order chi connectivity index (χ1) is 8.22. The number of para-hydroxylation sites is 1. The van der Waals surface area contributed by atoms with Crippen LogP contribution in [0.2, 0.25) is 0 Å². The van der Waals surface area contributed by atoms with E-state index in [0.717, 1.165) is 16.5 Å². The Bertz CT molecular complexity index is 531. The van der Waals surface area contributed by atoms with Gasteiger partial charge in [0.15, 0.2) is 0 Å². The molecule has 17 heavy (non-hydrogen) atoms. The average Bonchev–Trinajstić information content (AvgIpc) is 2.35. The molecule has 0 saturated heterocycles. The molecule has 1 heterocycles. The summed E-state index contributed by atoms with van der Waals surface area (Å²) in [5, 5.41) is 10.1. The van der Waals surface area contributed by atoms with Crippen LogP contribution in [0.1, 0.15) is 18.9 Å². The Morgan fingerprint density at radius 1 is 1.35 bits per heavy atom. The smallest absolute Gasteiger partial charge is 0.306 e. The van der Waals surface area contributed by atoms with Crippen LogP contribution in [0.5, 0.6) is 0 Å². The summed E-state index contributed by atoms with van der Waals surface area (Å²) in [6.07, 6.45) is 2.95. The van der Waals surface area contributed by atoms with Crippen molar-refractivity contribution in [1.29, 1.82) is 0 Å². The van der Waals surface area contributed by atoms with Gasteiger partial charge < -0.3 is 5.11 Å². The first-order valence-electron chi connectivity index (χ1n) is 5.77. The number of aromatic nitrogens is 1. The van der Waals surface area contributed by atoms with Crippen LogP contribution in [0.3, 0.4) is 0 Å². The van der Waals surface area contributed by atoms with E-state index >= 15 is 0 Å². The van der Waals surface area contributed by atoms with Crippen LogP contribution in [0.15, 0.2) is 36.5 Å². The molecule has 2 aromatic rings. The standard InChI is InChI=1S/C14H15NO2/c1-2-10(14(16)17)9-11-7-8-15-13-6-4-3-5-12(11)13/h3-8,10H,2,9H2,1H3,(H,16,17). The fourth-order valence-electron chi connectivity index (χ4n) is 2.00. The second-order valence-corrected chi connectivity index (χ2v) is 4.13. The van der Waals surface area contributed by atoms with Crippen molar-refractivity contribution in [3.8, 4) is 0 Å². The SMILES string of the molecule is CCC(Cc1ccnc2ccccc12)C(=O)O. The van der Waals surface area contributed by atoms with Gasteiger partial charge in [0.25, 0.3) is 0 Å². The molecule has 3 nitrogen and oxygen atoms in total. The Balaban J connectivity index is 2.38. The number of benzene rings is 1. The number of hydrogen-bond acceptors (Lipinski definition) is 2. The summed E-state index contributed by atoms with van der Waals surface area (Å²) in [5.41, 5.74) is 1.98. The Morgan fingerprint density at radius 3 is 2.82 bits per heavy atom. The van der Waals surface area contributed by atoms with Gasteiger partial charge in [-0.25, -0.2) is 0 Å². The van der Waals surface area contributed by atoms with E-state index in [1.165, 1.54) is 0 Å². The lowest BCUT2D eigenvalue weighted by atomic mass is 9.95. The summed E-state index contributed by atoms with van der Waals surface area (Å²) in [4.78, 5) is 15.3. The third-order valence-corrected chi connectivity index (χ3v) is 3.05. The molecular formula is C14H15NO2. The summed E-state index contributed by atoms with van der Waals surface area (Å²) < 4.78 is 0. The van der Waals surface area contributed by atoms with Gasteiger partial charge in [-0.2, -0.15) is 0 Å². The van der Waals surface area contributed by atoms with Gasteiger partial charge in [0.2, 0.25) is 0 Å². The summed E-state index contributed by atoms with van der Waals surface area (Å²) in [7, 11) is 0. The topological polar surface area (TPSA) is 50.2 Å². The summed E-state index contributed by atoms with van der Waals surface area (Å²) >= 11 is 0. The second-order valence-electron chi connectivity index (χ2n) is 4.13. The zero-order valence-corrected chi connectivity index (χ0v) is 9.76. The van der Waals surface area contributed by atoms with E-state index in [1.54, 1.807) is 6.20 Å². The molecule has 0 aliphatic heterocycles. The molecule has 0 radical (unpaired) electrons. The largest absolute Gasteiger partial charge is 0.481 e. The van der Waals surface area contributed by atoms with Gasteiger partial charge in [-0.05, 0) is 30.5 Å². The van der Waals surface area contributed by atoms with Gasteiger partial charge in [-0.3, -0.25) is 9.78 Å². The van der Waals surface area contributed by atoms with Crippen LogP contribution in [-0.4, -0.2) is 16.1 Å². The molecule has 0 amide bonds. The van der Waals surface area contributed by atoms with Crippen molar-refractivity contribution in [3.05, 3.63) is 42.1 Å². The number of pyridine rings is 1. The minimum atomic E-state index is -0.728. The van der Waals surface area contributed by atoms with E-state index in [0.29, 0.717) is 12.8 Å². The molecule has 0 aliphatic rings. The Hall–Kier alpha value is -1.90. The molecule has 1 unspecified atom stereocenters. The summed E-state index contributed by atoms with van der Waals surface area (Å²) in [6.45, 7) is 1.90. The minimum absolute atomic E-state index is 0.319. The average molecular weight is 229 g/mol. The summed E-state index contributed by atoms with van der Waals surface area (Å²) in [6, 6.07) is 9.74. The van der Waals surface area contributed by atoms with E-state index in [2.05, 4.69) is 4.98 Å². The monoisotopic (exact) mass is 229 g/mol. The number of rotatable bonds is 4. The molecule has 1 N–H and O–H groups in total. The lowest BCUT2D eigenvalue weighted by molar-refractivity contribution is -0.141. The van der Waals surface area contributed by atoms with Gasteiger partial charge in [0.05, 0.1) is 11.4 Å². The van der Waals surface area contributed by atoms with Gasteiger partial charge in [0.1, 0.15) is 0 Å². The van der Waals surface area contributed by atoms with Crippen molar-refractivity contribution in [2.45, 2.75) is 19.8 Å². The predicted molar refractivity (Wildman–Crippen MR) is 66.9 cm³/mol. The number of fused-ring (bicyclic) bond motifs is 1. The first kappa shape index (κ1) is 11.6. The maximum absolute atomic E-state index is 11.1. The molecule has 3 heteroatoms. The number of carboxylic acid groups (broad SMARTS) is 1. The zero-order chi connectivity index (χ0) is 12.3. The molecule has 2 rings (SSSR count). The van der Waals surface area contributed by atoms with Crippen molar-refractivity contribution < 1.29 is 9.90 Å². The van der Waals surface area contributed by atoms with Gasteiger partial charge in [0, 0.05) is 11.6 Å². The van der Waals surface area contributed by atoms with Crippen LogP contribution in [0.4, 0.5) is 0 Å². The molecule has 0 aliphatic carbocycles. The molecule has 88 valence electrons. The van der Waals surface area contributed by atoms with Crippen molar-refractivity contribution >= 4 is 16.9 Å². The van der Waals surface area contributed by atoms with E-state index in [9.17, 15) is 4.79 Å². The fourth-order valence-corrected chi connectivity index (χ4v) is 2.00. The molecule has 1 atom stereocenters. The molecule has 0 saturated carbocycles. The number of carboxylic acids is 1. The van der Waals surface area contributed by atoms with Crippen LogP contribution in [0.25, 0.3) is 10.9 Å². The Morgan fingerprint density at radius 2 is 2.12 bits per heavy atom.